The first-order chi connectivity index (χ1) is 9.33. The van der Waals surface area contributed by atoms with Crippen LogP contribution in [0.4, 0.5) is 8.78 Å². The number of piperidine rings is 1. The van der Waals surface area contributed by atoms with Crippen LogP contribution in [0.5, 0.6) is 0 Å². The first-order valence-electron chi connectivity index (χ1n) is 7.23. The SMILES string of the molecule is Cc1ccc(C2(O)CCN(CC(C)C)CC2)c(F)c1F. The Morgan fingerprint density at radius 1 is 1.20 bits per heavy atom. The number of hydrogen-bond donors (Lipinski definition) is 1. The summed E-state index contributed by atoms with van der Waals surface area (Å²) in [6.07, 6.45) is 0.887. The fraction of sp³-hybridized carbons (Fsp3) is 0.625. The average Bonchev–Trinajstić information content (AvgIpc) is 2.38. The Hall–Kier alpha value is -1.00. The second kappa shape index (κ2) is 5.78. The Kier molecular flexibility index (Phi) is 4.45. The van der Waals surface area contributed by atoms with Crippen molar-refractivity contribution in [2.24, 2.45) is 5.92 Å². The van der Waals surface area contributed by atoms with Gasteiger partial charge in [0.15, 0.2) is 11.6 Å². The summed E-state index contributed by atoms with van der Waals surface area (Å²) in [6, 6.07) is 3.05. The third-order valence-electron chi connectivity index (χ3n) is 4.08. The van der Waals surface area contributed by atoms with Gasteiger partial charge in [-0.25, -0.2) is 8.78 Å². The van der Waals surface area contributed by atoms with Crippen molar-refractivity contribution in [1.82, 2.24) is 4.90 Å². The molecule has 1 fully saturated rings. The van der Waals surface area contributed by atoms with Crippen LogP contribution in [-0.4, -0.2) is 29.6 Å². The van der Waals surface area contributed by atoms with Gasteiger partial charge < -0.3 is 10.0 Å². The van der Waals surface area contributed by atoms with Crippen molar-refractivity contribution < 1.29 is 13.9 Å². The van der Waals surface area contributed by atoms with Crippen molar-refractivity contribution in [3.63, 3.8) is 0 Å². The summed E-state index contributed by atoms with van der Waals surface area (Å²) in [5, 5.41) is 10.7. The van der Waals surface area contributed by atoms with Crippen LogP contribution >= 0.6 is 0 Å². The standard InChI is InChI=1S/C16H23F2NO/c1-11(2)10-19-8-6-16(20,7-9-19)13-5-4-12(3)14(17)15(13)18/h4-5,11,20H,6-10H2,1-3H3. The lowest BCUT2D eigenvalue weighted by molar-refractivity contribution is -0.0309. The predicted octanol–water partition coefficient (Wildman–Crippen LogP) is 3.21. The average molecular weight is 283 g/mol. The summed E-state index contributed by atoms with van der Waals surface area (Å²) in [4.78, 5) is 2.27. The number of aryl methyl sites for hydroxylation is 1. The van der Waals surface area contributed by atoms with Gasteiger partial charge in [0.2, 0.25) is 0 Å². The molecule has 0 aromatic heterocycles. The van der Waals surface area contributed by atoms with Crippen molar-refractivity contribution in [3.8, 4) is 0 Å². The van der Waals surface area contributed by atoms with E-state index in [0.717, 1.165) is 6.54 Å². The van der Waals surface area contributed by atoms with E-state index in [1.165, 1.54) is 19.1 Å². The number of halogens is 2. The molecule has 0 unspecified atom stereocenters. The van der Waals surface area contributed by atoms with Gasteiger partial charge in [-0.3, -0.25) is 0 Å². The summed E-state index contributed by atoms with van der Waals surface area (Å²) in [5.74, 6) is -1.18. The lowest BCUT2D eigenvalue weighted by Crippen LogP contribution is -2.44. The van der Waals surface area contributed by atoms with Gasteiger partial charge in [0.25, 0.3) is 0 Å². The molecular formula is C16H23F2NO. The normalized spacial score (nSPS) is 19.6. The molecule has 2 rings (SSSR count). The minimum absolute atomic E-state index is 0.102. The maximum Gasteiger partial charge on any atom is 0.165 e. The molecule has 1 aromatic rings. The van der Waals surface area contributed by atoms with E-state index in [1.807, 2.05) is 0 Å². The van der Waals surface area contributed by atoms with Crippen LogP contribution in [0.1, 0.15) is 37.8 Å². The van der Waals surface area contributed by atoms with Gasteiger partial charge in [0.1, 0.15) is 0 Å². The van der Waals surface area contributed by atoms with Crippen molar-refractivity contribution in [2.75, 3.05) is 19.6 Å². The molecule has 1 aliphatic heterocycles. The highest BCUT2D eigenvalue weighted by molar-refractivity contribution is 5.30. The molecule has 112 valence electrons. The maximum atomic E-state index is 14.1. The van der Waals surface area contributed by atoms with Gasteiger partial charge in [-0.2, -0.15) is 0 Å². The summed E-state index contributed by atoms with van der Waals surface area (Å²) in [5.41, 5.74) is -0.872. The quantitative estimate of drug-likeness (QED) is 0.920. The molecule has 0 radical (unpaired) electrons. The molecule has 2 nitrogen and oxygen atoms in total. The minimum Gasteiger partial charge on any atom is -0.385 e. The van der Waals surface area contributed by atoms with Gasteiger partial charge in [0.05, 0.1) is 5.60 Å². The van der Waals surface area contributed by atoms with E-state index in [2.05, 4.69) is 18.7 Å². The summed E-state index contributed by atoms with van der Waals surface area (Å²) >= 11 is 0. The molecule has 0 saturated carbocycles. The fourth-order valence-electron chi connectivity index (χ4n) is 2.90. The number of likely N-dealkylation sites (tertiary alicyclic amines) is 1. The Bertz CT molecular complexity index is 480. The zero-order chi connectivity index (χ0) is 14.9. The number of benzene rings is 1. The fourth-order valence-corrected chi connectivity index (χ4v) is 2.90. The first kappa shape index (κ1) is 15.4. The van der Waals surface area contributed by atoms with Crippen LogP contribution in [0, 0.1) is 24.5 Å². The summed E-state index contributed by atoms with van der Waals surface area (Å²) in [7, 11) is 0. The maximum absolute atomic E-state index is 14.1. The van der Waals surface area contributed by atoms with Crippen molar-refractivity contribution >= 4 is 0 Å². The predicted molar refractivity (Wildman–Crippen MR) is 75.5 cm³/mol. The highest BCUT2D eigenvalue weighted by atomic mass is 19.2. The lowest BCUT2D eigenvalue weighted by Gasteiger charge is -2.39. The highest BCUT2D eigenvalue weighted by Gasteiger charge is 2.37. The van der Waals surface area contributed by atoms with Crippen LogP contribution in [0.2, 0.25) is 0 Å². The van der Waals surface area contributed by atoms with E-state index in [9.17, 15) is 13.9 Å². The first-order valence-corrected chi connectivity index (χ1v) is 7.23. The van der Waals surface area contributed by atoms with Gasteiger partial charge >= 0.3 is 0 Å². The second-order valence-corrected chi connectivity index (χ2v) is 6.28. The van der Waals surface area contributed by atoms with Gasteiger partial charge in [-0.1, -0.05) is 26.0 Å². The number of aliphatic hydroxyl groups is 1. The monoisotopic (exact) mass is 283 g/mol. The molecule has 0 aliphatic carbocycles. The number of nitrogens with zero attached hydrogens (tertiary/aromatic N) is 1. The van der Waals surface area contributed by atoms with E-state index < -0.39 is 17.2 Å². The van der Waals surface area contributed by atoms with Crippen molar-refractivity contribution in [1.29, 1.82) is 0 Å². The molecule has 0 atom stereocenters. The van der Waals surface area contributed by atoms with Crippen LogP contribution < -0.4 is 0 Å². The van der Waals surface area contributed by atoms with Gasteiger partial charge in [-0.05, 0) is 31.2 Å². The highest BCUT2D eigenvalue weighted by Crippen LogP contribution is 2.35. The summed E-state index contributed by atoms with van der Waals surface area (Å²) < 4.78 is 27.7. The van der Waals surface area contributed by atoms with Gasteiger partial charge in [0, 0.05) is 25.2 Å². The molecule has 0 amide bonds. The van der Waals surface area contributed by atoms with Gasteiger partial charge in [-0.15, -0.1) is 0 Å². The van der Waals surface area contributed by atoms with E-state index in [-0.39, 0.29) is 11.1 Å². The Morgan fingerprint density at radius 3 is 2.35 bits per heavy atom. The van der Waals surface area contributed by atoms with Crippen molar-refractivity contribution in [2.45, 2.75) is 39.2 Å². The zero-order valence-corrected chi connectivity index (χ0v) is 12.4. The topological polar surface area (TPSA) is 23.5 Å². The van der Waals surface area contributed by atoms with E-state index in [4.69, 9.17) is 0 Å². The van der Waals surface area contributed by atoms with Crippen molar-refractivity contribution in [3.05, 3.63) is 34.9 Å². The third-order valence-corrected chi connectivity index (χ3v) is 4.08. The van der Waals surface area contributed by atoms with Crippen LogP contribution in [0.25, 0.3) is 0 Å². The number of hydrogen-bond acceptors (Lipinski definition) is 2. The lowest BCUT2D eigenvalue weighted by atomic mass is 9.83. The molecule has 1 aromatic carbocycles. The van der Waals surface area contributed by atoms with E-state index >= 15 is 0 Å². The Labute approximate surface area is 119 Å². The molecule has 1 saturated heterocycles. The number of rotatable bonds is 3. The Balaban J connectivity index is 2.16. The molecule has 0 spiro atoms. The zero-order valence-electron chi connectivity index (χ0n) is 12.4. The van der Waals surface area contributed by atoms with Crippen LogP contribution in [-0.2, 0) is 5.60 Å². The third kappa shape index (κ3) is 3.01. The molecule has 1 aliphatic rings. The second-order valence-electron chi connectivity index (χ2n) is 6.28. The van der Waals surface area contributed by atoms with E-state index in [0.29, 0.717) is 31.8 Å². The largest absolute Gasteiger partial charge is 0.385 e. The van der Waals surface area contributed by atoms with Crippen LogP contribution in [0.15, 0.2) is 12.1 Å². The molecule has 20 heavy (non-hydrogen) atoms. The molecule has 1 heterocycles. The molecule has 1 N–H and O–H groups in total. The summed E-state index contributed by atoms with van der Waals surface area (Å²) in [6.45, 7) is 8.22. The van der Waals surface area contributed by atoms with E-state index in [1.54, 1.807) is 0 Å². The smallest absolute Gasteiger partial charge is 0.165 e. The van der Waals surface area contributed by atoms with Crippen LogP contribution in [0.3, 0.4) is 0 Å². The molecule has 0 bridgehead atoms. The molecule has 4 heteroatoms. The minimum atomic E-state index is -1.24. The Morgan fingerprint density at radius 2 is 1.80 bits per heavy atom. The molecular weight excluding hydrogens is 260 g/mol.